The number of aliphatic imine (C=N–C) groups is 1. The highest BCUT2D eigenvalue weighted by molar-refractivity contribution is 6.30. The molecule has 3 aromatic carbocycles. The summed E-state index contributed by atoms with van der Waals surface area (Å²) in [6, 6.07) is 19.6. The van der Waals surface area contributed by atoms with Crippen LogP contribution in [-0.4, -0.2) is 24.9 Å². The molecule has 3 aromatic rings. The van der Waals surface area contributed by atoms with Crippen LogP contribution in [0.1, 0.15) is 23.6 Å². The van der Waals surface area contributed by atoms with Crippen LogP contribution in [-0.2, 0) is 20.9 Å². The van der Waals surface area contributed by atoms with Crippen LogP contribution in [0.15, 0.2) is 77.4 Å². The van der Waals surface area contributed by atoms with Crippen LogP contribution < -0.4 is 14.8 Å². The smallest absolute Gasteiger partial charge is 0.363 e. The Balaban J connectivity index is 1.60. The molecule has 0 saturated carbocycles. The zero-order valence-corrected chi connectivity index (χ0v) is 19.3. The van der Waals surface area contributed by atoms with Gasteiger partial charge in [-0.3, -0.25) is 4.79 Å². The zero-order valence-electron chi connectivity index (χ0n) is 18.5. The number of nitrogens with zero attached hydrogens (tertiary/aromatic N) is 1. The highest BCUT2D eigenvalue weighted by Crippen LogP contribution is 2.34. The van der Waals surface area contributed by atoms with Gasteiger partial charge < -0.3 is 19.5 Å². The topological polar surface area (TPSA) is 86.2 Å². The highest BCUT2D eigenvalue weighted by atomic mass is 35.5. The molecule has 34 heavy (non-hydrogen) atoms. The average Bonchev–Trinajstić information content (AvgIpc) is 3.18. The zero-order chi connectivity index (χ0) is 24.1. The number of para-hydroxylation sites is 1. The number of carbonyl (C=O) groups excluding carboxylic acids is 2. The van der Waals surface area contributed by atoms with Gasteiger partial charge >= 0.3 is 5.97 Å². The number of cyclic esters (lactones) is 1. The summed E-state index contributed by atoms with van der Waals surface area (Å²) in [6.07, 6.45) is 1.59. The maximum Gasteiger partial charge on any atom is 0.363 e. The van der Waals surface area contributed by atoms with E-state index >= 15 is 0 Å². The van der Waals surface area contributed by atoms with Gasteiger partial charge in [0.05, 0.1) is 7.11 Å². The van der Waals surface area contributed by atoms with Crippen molar-refractivity contribution in [1.82, 2.24) is 0 Å². The quantitative estimate of drug-likeness (QED) is 0.372. The standard InChI is InChI=1S/C26H21ClN2O5/c1-16(30)28-21-11-9-18(10-12-21)25-29-22(26(31)34-25)14-19-6-4-8-23(32-2)24(19)33-15-17-5-3-7-20(27)13-17/h3-14H,15H2,1-2H3,(H,28,30)/b22-14-. The number of halogens is 1. The van der Waals surface area contributed by atoms with Gasteiger partial charge in [-0.25, -0.2) is 9.79 Å². The van der Waals surface area contributed by atoms with Crippen molar-refractivity contribution in [2.75, 3.05) is 12.4 Å². The lowest BCUT2D eigenvalue weighted by Gasteiger charge is -2.13. The molecule has 1 amide bonds. The Labute approximate surface area is 201 Å². The van der Waals surface area contributed by atoms with E-state index in [0.717, 1.165) is 5.56 Å². The molecule has 0 atom stereocenters. The third kappa shape index (κ3) is 5.44. The van der Waals surface area contributed by atoms with Crippen molar-refractivity contribution >= 4 is 41.1 Å². The molecule has 0 saturated heterocycles. The van der Waals surface area contributed by atoms with E-state index in [2.05, 4.69) is 10.3 Å². The van der Waals surface area contributed by atoms with Gasteiger partial charge in [0.1, 0.15) is 6.61 Å². The van der Waals surface area contributed by atoms with Gasteiger partial charge in [0.2, 0.25) is 11.8 Å². The van der Waals surface area contributed by atoms with E-state index in [4.69, 9.17) is 25.8 Å². The van der Waals surface area contributed by atoms with E-state index in [9.17, 15) is 9.59 Å². The van der Waals surface area contributed by atoms with E-state index in [0.29, 0.717) is 33.3 Å². The molecule has 0 aliphatic carbocycles. The van der Waals surface area contributed by atoms with E-state index in [-0.39, 0.29) is 24.1 Å². The lowest BCUT2D eigenvalue weighted by atomic mass is 10.1. The Morgan fingerprint density at radius 1 is 1.12 bits per heavy atom. The summed E-state index contributed by atoms with van der Waals surface area (Å²) in [6.45, 7) is 1.69. The third-order valence-corrected chi connectivity index (χ3v) is 5.10. The SMILES string of the molecule is COc1cccc(/C=C2\N=C(c3ccc(NC(C)=O)cc3)OC2=O)c1OCc1cccc(Cl)c1. The first-order chi connectivity index (χ1) is 16.4. The van der Waals surface area contributed by atoms with E-state index in [1.54, 1.807) is 61.7 Å². The normalized spacial score (nSPS) is 13.9. The number of rotatable bonds is 7. The second kappa shape index (κ2) is 10.2. The van der Waals surface area contributed by atoms with Gasteiger partial charge in [0, 0.05) is 28.8 Å². The molecule has 1 aliphatic rings. The first-order valence-electron chi connectivity index (χ1n) is 10.4. The first kappa shape index (κ1) is 23.1. The monoisotopic (exact) mass is 476 g/mol. The van der Waals surface area contributed by atoms with Crippen molar-refractivity contribution in [3.05, 3.63) is 94.1 Å². The number of hydrogen-bond acceptors (Lipinski definition) is 6. The van der Waals surface area contributed by atoms with Crippen LogP contribution in [0, 0.1) is 0 Å². The maximum atomic E-state index is 12.5. The predicted octanol–water partition coefficient (Wildman–Crippen LogP) is 5.23. The average molecular weight is 477 g/mol. The molecule has 0 fully saturated rings. The molecular formula is C26H21ClN2O5. The van der Waals surface area contributed by atoms with Crippen LogP contribution in [0.2, 0.25) is 5.02 Å². The lowest BCUT2D eigenvalue weighted by molar-refractivity contribution is -0.129. The van der Waals surface area contributed by atoms with Crippen LogP contribution in [0.3, 0.4) is 0 Å². The number of ether oxygens (including phenoxy) is 3. The van der Waals surface area contributed by atoms with Crippen LogP contribution >= 0.6 is 11.6 Å². The summed E-state index contributed by atoms with van der Waals surface area (Å²) >= 11 is 6.07. The van der Waals surface area contributed by atoms with Gasteiger partial charge in [0.15, 0.2) is 17.2 Å². The molecule has 0 bridgehead atoms. The van der Waals surface area contributed by atoms with Crippen LogP contribution in [0.25, 0.3) is 6.08 Å². The van der Waals surface area contributed by atoms with Crippen molar-refractivity contribution < 1.29 is 23.8 Å². The molecule has 0 unspecified atom stereocenters. The van der Waals surface area contributed by atoms with Gasteiger partial charge in [0.25, 0.3) is 0 Å². The summed E-state index contributed by atoms with van der Waals surface area (Å²) in [7, 11) is 1.54. The number of anilines is 1. The molecule has 0 radical (unpaired) electrons. The van der Waals surface area contributed by atoms with E-state index < -0.39 is 5.97 Å². The van der Waals surface area contributed by atoms with Crippen molar-refractivity contribution in [2.24, 2.45) is 4.99 Å². The van der Waals surface area contributed by atoms with Gasteiger partial charge in [-0.15, -0.1) is 0 Å². The van der Waals surface area contributed by atoms with E-state index in [1.807, 2.05) is 18.2 Å². The molecule has 8 heteroatoms. The van der Waals surface area contributed by atoms with Crippen molar-refractivity contribution in [2.45, 2.75) is 13.5 Å². The number of nitrogens with one attached hydrogen (secondary N) is 1. The predicted molar refractivity (Wildman–Crippen MR) is 130 cm³/mol. The van der Waals surface area contributed by atoms with Crippen LogP contribution in [0.4, 0.5) is 5.69 Å². The van der Waals surface area contributed by atoms with Gasteiger partial charge in [-0.05, 0) is 54.1 Å². The lowest BCUT2D eigenvalue weighted by Crippen LogP contribution is -2.07. The fraction of sp³-hybridized carbons (Fsp3) is 0.115. The Kier molecular flexibility index (Phi) is 6.94. The van der Waals surface area contributed by atoms with Gasteiger partial charge in [-0.1, -0.05) is 35.9 Å². The second-order valence-electron chi connectivity index (χ2n) is 7.39. The minimum Gasteiger partial charge on any atom is -0.493 e. The summed E-state index contributed by atoms with van der Waals surface area (Å²) in [5, 5.41) is 3.30. The molecule has 172 valence electrons. The molecular weight excluding hydrogens is 456 g/mol. The minimum atomic E-state index is -0.579. The number of amides is 1. The molecule has 1 heterocycles. The first-order valence-corrected chi connectivity index (χ1v) is 10.8. The number of methoxy groups -OCH3 is 1. The Hall–Kier alpha value is -4.10. The van der Waals surface area contributed by atoms with E-state index in [1.165, 1.54) is 6.92 Å². The number of benzene rings is 3. The van der Waals surface area contributed by atoms with Crippen molar-refractivity contribution in [3.63, 3.8) is 0 Å². The van der Waals surface area contributed by atoms with Gasteiger partial charge in [-0.2, -0.15) is 0 Å². The van der Waals surface area contributed by atoms with Crippen molar-refractivity contribution in [3.8, 4) is 11.5 Å². The van der Waals surface area contributed by atoms with Crippen LogP contribution in [0.5, 0.6) is 11.5 Å². The molecule has 1 aliphatic heterocycles. The maximum absolute atomic E-state index is 12.5. The summed E-state index contributed by atoms with van der Waals surface area (Å²) < 4.78 is 16.9. The Bertz CT molecular complexity index is 1300. The fourth-order valence-corrected chi connectivity index (χ4v) is 3.54. The Morgan fingerprint density at radius 2 is 1.88 bits per heavy atom. The summed E-state index contributed by atoms with van der Waals surface area (Å²) in [4.78, 5) is 28.1. The number of carbonyl (C=O) groups is 2. The summed E-state index contributed by atoms with van der Waals surface area (Å²) in [5.74, 6) is 0.405. The molecule has 0 aromatic heterocycles. The molecule has 4 rings (SSSR count). The Morgan fingerprint density at radius 3 is 2.59 bits per heavy atom. The number of esters is 1. The molecule has 1 N–H and O–H groups in total. The van der Waals surface area contributed by atoms with Crippen molar-refractivity contribution in [1.29, 1.82) is 0 Å². The third-order valence-electron chi connectivity index (χ3n) is 4.87. The molecule has 0 spiro atoms. The summed E-state index contributed by atoms with van der Waals surface area (Å²) in [5.41, 5.74) is 2.87. The highest BCUT2D eigenvalue weighted by Gasteiger charge is 2.25. The second-order valence-corrected chi connectivity index (χ2v) is 7.83. The minimum absolute atomic E-state index is 0.127. The fourth-order valence-electron chi connectivity index (χ4n) is 3.32. The molecule has 7 nitrogen and oxygen atoms in total. The largest absolute Gasteiger partial charge is 0.493 e. The number of hydrogen-bond donors (Lipinski definition) is 1.